The molecule has 0 spiro atoms. The van der Waals surface area contributed by atoms with E-state index >= 15 is 0 Å². The Kier molecular flexibility index (Phi) is 6.53. The second-order valence-corrected chi connectivity index (χ2v) is 8.90. The predicted octanol–water partition coefficient (Wildman–Crippen LogP) is 3.74. The lowest BCUT2D eigenvalue weighted by atomic mass is 9.92. The first-order valence-corrected chi connectivity index (χ1v) is 11.6. The summed E-state index contributed by atoms with van der Waals surface area (Å²) in [5.41, 5.74) is 1.89. The predicted molar refractivity (Wildman–Crippen MR) is 119 cm³/mol. The molecule has 6 heteroatoms. The summed E-state index contributed by atoms with van der Waals surface area (Å²) in [5.74, 6) is 0.438. The number of thioether (sulfide) groups is 1. The van der Waals surface area contributed by atoms with Crippen molar-refractivity contribution in [1.82, 2.24) is 4.90 Å². The third kappa shape index (κ3) is 4.29. The first-order chi connectivity index (χ1) is 14.7. The number of carbonyl (C=O) groups excluding carboxylic acids is 3. The number of hydrogen-bond acceptors (Lipinski definition) is 4. The smallest absolute Gasteiger partial charge is 0.231 e. The summed E-state index contributed by atoms with van der Waals surface area (Å²) in [6.07, 6.45) is 3.12. The summed E-state index contributed by atoms with van der Waals surface area (Å²) in [6, 6.07) is 19.2. The van der Waals surface area contributed by atoms with E-state index in [0.29, 0.717) is 31.0 Å². The Balaban J connectivity index is 1.58. The van der Waals surface area contributed by atoms with Gasteiger partial charge in [0.2, 0.25) is 11.8 Å². The van der Waals surface area contributed by atoms with Crippen LogP contribution < -0.4 is 4.90 Å². The number of hydrogen-bond donors (Lipinski definition) is 0. The van der Waals surface area contributed by atoms with Crippen LogP contribution in [0.15, 0.2) is 60.7 Å². The van der Waals surface area contributed by atoms with Crippen LogP contribution in [0, 0.1) is 11.8 Å². The molecule has 4 rings (SSSR count). The fourth-order valence-corrected chi connectivity index (χ4v) is 5.55. The van der Waals surface area contributed by atoms with E-state index in [9.17, 15) is 14.4 Å². The molecule has 2 aliphatic rings. The zero-order valence-electron chi connectivity index (χ0n) is 16.9. The lowest BCUT2D eigenvalue weighted by Gasteiger charge is -2.30. The van der Waals surface area contributed by atoms with E-state index in [1.165, 1.54) is 0 Å². The minimum atomic E-state index is -0.367. The number of rotatable bonds is 6. The van der Waals surface area contributed by atoms with Crippen LogP contribution in [-0.4, -0.2) is 40.7 Å². The van der Waals surface area contributed by atoms with Crippen LogP contribution in [0.4, 0.5) is 5.69 Å². The molecule has 156 valence electrons. The van der Waals surface area contributed by atoms with Crippen LogP contribution in [-0.2, 0) is 20.9 Å². The normalized spacial score (nSPS) is 23.3. The van der Waals surface area contributed by atoms with Gasteiger partial charge in [0.25, 0.3) is 0 Å². The van der Waals surface area contributed by atoms with Crippen molar-refractivity contribution in [2.45, 2.75) is 31.8 Å². The summed E-state index contributed by atoms with van der Waals surface area (Å²) in [5, 5.41) is 0. The van der Waals surface area contributed by atoms with E-state index in [4.69, 9.17) is 0 Å². The van der Waals surface area contributed by atoms with Gasteiger partial charge in [-0.2, -0.15) is 0 Å². The zero-order chi connectivity index (χ0) is 20.9. The Morgan fingerprint density at radius 2 is 1.67 bits per heavy atom. The SMILES string of the molecule is O=C[C@@H]1CSCN1C(=O)C1CCC[C@H]1C(=O)N(Cc1ccccc1)c1ccccc1. The van der Waals surface area contributed by atoms with E-state index in [2.05, 4.69) is 0 Å². The van der Waals surface area contributed by atoms with Crippen molar-refractivity contribution >= 4 is 35.5 Å². The van der Waals surface area contributed by atoms with Gasteiger partial charge in [0.15, 0.2) is 0 Å². The van der Waals surface area contributed by atoms with Crippen molar-refractivity contribution in [3.05, 3.63) is 66.2 Å². The molecule has 0 N–H and O–H groups in total. The van der Waals surface area contributed by atoms with Gasteiger partial charge in [0.1, 0.15) is 6.29 Å². The van der Waals surface area contributed by atoms with Crippen LogP contribution in [0.25, 0.3) is 0 Å². The Morgan fingerprint density at radius 3 is 2.37 bits per heavy atom. The first-order valence-electron chi connectivity index (χ1n) is 10.4. The fraction of sp³-hybridized carbons (Fsp3) is 0.375. The molecule has 2 amide bonds. The number of carbonyl (C=O) groups is 3. The second-order valence-electron chi connectivity index (χ2n) is 7.90. The Labute approximate surface area is 181 Å². The van der Waals surface area contributed by atoms with Crippen LogP contribution >= 0.6 is 11.8 Å². The first kappa shape index (κ1) is 20.7. The Morgan fingerprint density at radius 1 is 1.00 bits per heavy atom. The molecular formula is C24H26N2O3S. The maximum absolute atomic E-state index is 13.7. The Hall–Kier alpha value is -2.60. The quantitative estimate of drug-likeness (QED) is 0.666. The van der Waals surface area contributed by atoms with E-state index < -0.39 is 0 Å². The maximum Gasteiger partial charge on any atom is 0.231 e. The van der Waals surface area contributed by atoms with Crippen molar-refractivity contribution in [2.75, 3.05) is 16.5 Å². The molecule has 0 bridgehead atoms. The van der Waals surface area contributed by atoms with Crippen molar-refractivity contribution in [2.24, 2.45) is 11.8 Å². The number of anilines is 1. The Bertz CT molecular complexity index is 890. The van der Waals surface area contributed by atoms with Gasteiger partial charge in [0.05, 0.1) is 24.4 Å². The van der Waals surface area contributed by atoms with E-state index in [-0.39, 0.29) is 29.7 Å². The monoisotopic (exact) mass is 422 g/mol. The molecule has 5 nitrogen and oxygen atoms in total. The summed E-state index contributed by atoms with van der Waals surface area (Å²) < 4.78 is 0. The molecule has 1 saturated carbocycles. The van der Waals surface area contributed by atoms with Gasteiger partial charge in [-0.05, 0) is 30.5 Å². The molecule has 1 heterocycles. The highest BCUT2D eigenvalue weighted by Crippen LogP contribution is 2.37. The molecule has 3 atom stereocenters. The maximum atomic E-state index is 13.7. The minimum absolute atomic E-state index is 0.00425. The van der Waals surface area contributed by atoms with Crippen molar-refractivity contribution in [1.29, 1.82) is 0 Å². The summed E-state index contributed by atoms with van der Waals surface area (Å²) in [7, 11) is 0. The lowest BCUT2D eigenvalue weighted by molar-refractivity contribution is -0.141. The van der Waals surface area contributed by atoms with Crippen LogP contribution in [0.1, 0.15) is 24.8 Å². The van der Waals surface area contributed by atoms with Gasteiger partial charge in [-0.15, -0.1) is 11.8 Å². The molecule has 0 aromatic heterocycles. The molecule has 2 fully saturated rings. The van der Waals surface area contributed by atoms with Gasteiger partial charge in [0, 0.05) is 17.4 Å². The number of amides is 2. The summed E-state index contributed by atoms with van der Waals surface area (Å²) in [6.45, 7) is 0.470. The van der Waals surface area contributed by atoms with E-state index in [0.717, 1.165) is 24.0 Å². The average molecular weight is 423 g/mol. The zero-order valence-corrected chi connectivity index (χ0v) is 17.7. The summed E-state index contributed by atoms with van der Waals surface area (Å²) >= 11 is 1.60. The minimum Gasteiger partial charge on any atom is -0.323 e. The molecule has 30 heavy (non-hydrogen) atoms. The third-order valence-corrected chi connectivity index (χ3v) is 7.07. The third-order valence-electron chi connectivity index (χ3n) is 6.03. The van der Waals surface area contributed by atoms with Crippen molar-refractivity contribution in [3.8, 4) is 0 Å². The molecule has 1 saturated heterocycles. The molecular weight excluding hydrogens is 396 g/mol. The standard InChI is InChI=1S/C24H26N2O3S/c27-15-20-16-30-17-26(20)24(29)22-13-7-12-21(22)23(28)25(19-10-5-2-6-11-19)14-18-8-3-1-4-9-18/h1-6,8-11,15,20-22H,7,12-14,16-17H2/t20-,21-,22?/m1/s1. The summed E-state index contributed by atoms with van der Waals surface area (Å²) in [4.78, 5) is 41.8. The van der Waals surface area contributed by atoms with Crippen LogP contribution in [0.2, 0.25) is 0 Å². The number of nitrogens with zero attached hydrogens (tertiary/aromatic N) is 2. The number of aldehydes is 1. The average Bonchev–Trinajstić information content (AvgIpc) is 3.47. The number of para-hydroxylation sites is 1. The van der Waals surface area contributed by atoms with Crippen molar-refractivity contribution < 1.29 is 14.4 Å². The van der Waals surface area contributed by atoms with Crippen molar-refractivity contribution in [3.63, 3.8) is 0 Å². The highest BCUT2D eigenvalue weighted by molar-refractivity contribution is 7.99. The van der Waals surface area contributed by atoms with E-state index in [1.54, 1.807) is 16.7 Å². The topological polar surface area (TPSA) is 57.7 Å². The second kappa shape index (κ2) is 9.47. The van der Waals surface area contributed by atoms with Crippen LogP contribution in [0.3, 0.4) is 0 Å². The molecule has 2 aromatic rings. The highest BCUT2D eigenvalue weighted by atomic mass is 32.2. The molecule has 1 unspecified atom stereocenters. The van der Waals surface area contributed by atoms with E-state index in [1.807, 2.05) is 65.6 Å². The van der Waals surface area contributed by atoms with Gasteiger partial charge >= 0.3 is 0 Å². The molecule has 1 aliphatic heterocycles. The van der Waals surface area contributed by atoms with Crippen LogP contribution in [0.5, 0.6) is 0 Å². The van der Waals surface area contributed by atoms with Gasteiger partial charge in [-0.3, -0.25) is 9.59 Å². The lowest BCUT2D eigenvalue weighted by Crippen LogP contribution is -2.45. The van der Waals surface area contributed by atoms with Gasteiger partial charge < -0.3 is 14.6 Å². The molecule has 2 aromatic carbocycles. The van der Waals surface area contributed by atoms with Gasteiger partial charge in [-0.1, -0.05) is 55.0 Å². The molecule has 0 radical (unpaired) electrons. The highest BCUT2D eigenvalue weighted by Gasteiger charge is 2.43. The van der Waals surface area contributed by atoms with Gasteiger partial charge in [-0.25, -0.2) is 0 Å². The molecule has 1 aliphatic carbocycles. The fourth-order valence-electron chi connectivity index (χ4n) is 4.43. The number of benzene rings is 2. The largest absolute Gasteiger partial charge is 0.323 e.